The lowest BCUT2D eigenvalue weighted by molar-refractivity contribution is -0.127. The molecule has 0 aliphatic carbocycles. The molecule has 0 radical (unpaired) electrons. The third kappa shape index (κ3) is 2.10. The lowest BCUT2D eigenvalue weighted by Gasteiger charge is -2.16. The van der Waals surface area contributed by atoms with Gasteiger partial charge >= 0.3 is 0 Å². The van der Waals surface area contributed by atoms with Gasteiger partial charge in [0.15, 0.2) is 0 Å². The van der Waals surface area contributed by atoms with Crippen LogP contribution in [-0.2, 0) is 9.59 Å². The summed E-state index contributed by atoms with van der Waals surface area (Å²) in [7, 11) is 1.80. The van der Waals surface area contributed by atoms with Crippen molar-refractivity contribution in [3.8, 4) is 0 Å². The molecule has 0 saturated heterocycles. The highest BCUT2D eigenvalue weighted by Crippen LogP contribution is 2.39. The van der Waals surface area contributed by atoms with Gasteiger partial charge in [0.25, 0.3) is 5.91 Å². The zero-order valence-corrected chi connectivity index (χ0v) is 11.5. The molecule has 0 unspecified atom stereocenters. The Hall–Kier alpha value is -2.88. The summed E-state index contributed by atoms with van der Waals surface area (Å²) >= 11 is 0. The Labute approximate surface area is 121 Å². The second-order valence-electron chi connectivity index (χ2n) is 4.70. The number of carbonyl (C=O) groups excluding carboxylic acids is 2. The van der Waals surface area contributed by atoms with Gasteiger partial charge in [-0.25, -0.2) is 0 Å². The van der Waals surface area contributed by atoms with Gasteiger partial charge in [0.1, 0.15) is 0 Å². The monoisotopic (exact) mass is 278 g/mol. The number of fused-ring (bicyclic) bond motifs is 3. The first-order chi connectivity index (χ1) is 10.3. The highest BCUT2D eigenvalue weighted by atomic mass is 16.2. The SMILES string of the molecule is CNc1c(NC(=O)C=O)c2ccccc2c2ccccc12. The Morgan fingerprint density at radius 1 is 0.857 bits per heavy atom. The standard InChI is InChI=1S/C17H14N2O2/c1-18-16-13-8-4-2-6-11(13)12-7-3-5-9-14(12)17(16)19-15(21)10-20/h2-10,18H,1H3,(H,19,21). The summed E-state index contributed by atoms with van der Waals surface area (Å²) in [6, 6.07) is 15.8. The van der Waals surface area contributed by atoms with Gasteiger partial charge in [0.2, 0.25) is 6.29 Å². The van der Waals surface area contributed by atoms with Crippen LogP contribution in [0.3, 0.4) is 0 Å². The minimum absolute atomic E-state index is 0.281. The zero-order valence-electron chi connectivity index (χ0n) is 11.5. The van der Waals surface area contributed by atoms with Crippen LogP contribution in [0.2, 0.25) is 0 Å². The normalized spacial score (nSPS) is 10.5. The summed E-state index contributed by atoms with van der Waals surface area (Å²) in [4.78, 5) is 22.2. The predicted octanol–water partition coefficient (Wildman–Crippen LogP) is 3.17. The molecule has 0 saturated carbocycles. The van der Waals surface area contributed by atoms with Crippen molar-refractivity contribution in [2.24, 2.45) is 0 Å². The minimum Gasteiger partial charge on any atom is -0.386 e. The molecule has 2 N–H and O–H groups in total. The van der Waals surface area contributed by atoms with Crippen molar-refractivity contribution in [3.05, 3.63) is 48.5 Å². The van der Waals surface area contributed by atoms with Crippen LogP contribution >= 0.6 is 0 Å². The minimum atomic E-state index is -0.660. The Morgan fingerprint density at radius 2 is 1.33 bits per heavy atom. The molecule has 0 spiro atoms. The molecule has 0 aliphatic heterocycles. The average Bonchev–Trinajstić information content (AvgIpc) is 2.55. The van der Waals surface area contributed by atoms with Crippen LogP contribution in [0.1, 0.15) is 0 Å². The third-order valence-electron chi connectivity index (χ3n) is 3.54. The molecule has 0 bridgehead atoms. The van der Waals surface area contributed by atoms with E-state index < -0.39 is 5.91 Å². The van der Waals surface area contributed by atoms with Gasteiger partial charge in [-0.15, -0.1) is 0 Å². The number of hydrogen-bond acceptors (Lipinski definition) is 3. The maximum Gasteiger partial charge on any atom is 0.288 e. The molecule has 3 aromatic carbocycles. The van der Waals surface area contributed by atoms with Gasteiger partial charge in [-0.1, -0.05) is 48.5 Å². The molecular weight excluding hydrogens is 264 g/mol. The van der Waals surface area contributed by atoms with E-state index in [1.807, 2.05) is 48.5 Å². The quantitative estimate of drug-likeness (QED) is 0.335. The molecule has 4 heteroatoms. The van der Waals surface area contributed by atoms with Crippen LogP contribution < -0.4 is 10.6 Å². The van der Waals surface area contributed by atoms with E-state index in [0.29, 0.717) is 5.69 Å². The Balaban J connectivity index is 2.46. The van der Waals surface area contributed by atoms with E-state index in [9.17, 15) is 9.59 Å². The van der Waals surface area contributed by atoms with E-state index in [-0.39, 0.29) is 6.29 Å². The van der Waals surface area contributed by atoms with Gasteiger partial charge in [0, 0.05) is 17.8 Å². The fraction of sp³-hybridized carbons (Fsp3) is 0.0588. The molecule has 21 heavy (non-hydrogen) atoms. The highest BCUT2D eigenvalue weighted by molar-refractivity contribution is 6.33. The second kappa shape index (κ2) is 5.25. The van der Waals surface area contributed by atoms with Crippen LogP contribution in [0.25, 0.3) is 21.5 Å². The predicted molar refractivity (Wildman–Crippen MR) is 85.7 cm³/mol. The van der Waals surface area contributed by atoms with Crippen molar-refractivity contribution < 1.29 is 9.59 Å². The fourth-order valence-electron chi connectivity index (χ4n) is 2.68. The van der Waals surface area contributed by atoms with Gasteiger partial charge in [0.05, 0.1) is 11.4 Å². The largest absolute Gasteiger partial charge is 0.386 e. The topological polar surface area (TPSA) is 58.2 Å². The first kappa shape index (κ1) is 13.1. The van der Waals surface area contributed by atoms with Gasteiger partial charge < -0.3 is 10.6 Å². The molecular formula is C17H14N2O2. The number of anilines is 2. The molecule has 3 rings (SSSR count). The first-order valence-corrected chi connectivity index (χ1v) is 6.63. The second-order valence-corrected chi connectivity index (χ2v) is 4.70. The van der Waals surface area contributed by atoms with Crippen LogP contribution in [0.15, 0.2) is 48.5 Å². The van der Waals surface area contributed by atoms with Gasteiger partial charge in [-0.05, 0) is 10.8 Å². The van der Waals surface area contributed by atoms with E-state index in [2.05, 4.69) is 10.6 Å². The molecule has 0 aromatic heterocycles. The Morgan fingerprint density at radius 3 is 1.81 bits per heavy atom. The van der Waals surface area contributed by atoms with E-state index in [0.717, 1.165) is 27.2 Å². The summed E-state index contributed by atoms with van der Waals surface area (Å²) in [5.41, 5.74) is 1.43. The van der Waals surface area contributed by atoms with Crippen molar-refractivity contribution in [1.29, 1.82) is 0 Å². The average molecular weight is 278 g/mol. The lowest BCUT2D eigenvalue weighted by atomic mass is 9.98. The molecule has 1 amide bonds. The van der Waals surface area contributed by atoms with Crippen molar-refractivity contribution in [3.63, 3.8) is 0 Å². The van der Waals surface area contributed by atoms with E-state index in [1.165, 1.54) is 0 Å². The van der Waals surface area contributed by atoms with Crippen LogP contribution in [-0.4, -0.2) is 19.2 Å². The molecule has 4 nitrogen and oxygen atoms in total. The summed E-state index contributed by atoms with van der Waals surface area (Å²) in [6.45, 7) is 0. The van der Waals surface area contributed by atoms with Crippen molar-refractivity contribution in [1.82, 2.24) is 0 Å². The Bertz CT molecular complexity index is 856. The maximum absolute atomic E-state index is 11.5. The number of benzene rings is 3. The first-order valence-electron chi connectivity index (χ1n) is 6.63. The van der Waals surface area contributed by atoms with Crippen molar-refractivity contribution in [2.45, 2.75) is 0 Å². The van der Waals surface area contributed by atoms with Crippen LogP contribution in [0.5, 0.6) is 0 Å². The number of amides is 1. The Kier molecular flexibility index (Phi) is 3.28. The van der Waals surface area contributed by atoms with Crippen molar-refractivity contribution >= 4 is 45.1 Å². The molecule has 0 aliphatic rings. The fourth-order valence-corrected chi connectivity index (χ4v) is 2.68. The molecule has 0 fully saturated rings. The third-order valence-corrected chi connectivity index (χ3v) is 3.54. The van der Waals surface area contributed by atoms with Gasteiger partial charge in [-0.3, -0.25) is 9.59 Å². The summed E-state index contributed by atoms with van der Waals surface area (Å²) < 4.78 is 0. The summed E-state index contributed by atoms with van der Waals surface area (Å²) in [5.74, 6) is -0.660. The van der Waals surface area contributed by atoms with E-state index in [4.69, 9.17) is 0 Å². The number of rotatable bonds is 3. The lowest BCUT2D eigenvalue weighted by Crippen LogP contribution is -2.14. The molecule has 0 atom stereocenters. The van der Waals surface area contributed by atoms with Crippen LogP contribution in [0.4, 0.5) is 11.4 Å². The summed E-state index contributed by atoms with van der Waals surface area (Å²) in [5, 5.41) is 9.84. The molecule has 3 aromatic rings. The molecule has 104 valence electrons. The number of nitrogens with one attached hydrogen (secondary N) is 2. The van der Waals surface area contributed by atoms with E-state index >= 15 is 0 Å². The molecule has 0 heterocycles. The van der Waals surface area contributed by atoms with Gasteiger partial charge in [-0.2, -0.15) is 0 Å². The smallest absolute Gasteiger partial charge is 0.288 e. The highest BCUT2D eigenvalue weighted by Gasteiger charge is 2.14. The zero-order chi connectivity index (χ0) is 14.8. The number of carbonyl (C=O) groups is 2. The summed E-state index contributed by atoms with van der Waals surface area (Å²) in [6.07, 6.45) is 0.281. The van der Waals surface area contributed by atoms with Crippen molar-refractivity contribution in [2.75, 3.05) is 17.7 Å². The maximum atomic E-state index is 11.5. The van der Waals surface area contributed by atoms with E-state index in [1.54, 1.807) is 7.05 Å². The number of hydrogen-bond donors (Lipinski definition) is 2. The number of aldehydes is 1. The van der Waals surface area contributed by atoms with Crippen LogP contribution in [0, 0.1) is 0 Å².